The molecule has 2 amide bonds. The first-order chi connectivity index (χ1) is 16.0. The van der Waals surface area contributed by atoms with Crippen LogP contribution in [0.2, 0.25) is 5.02 Å². The van der Waals surface area contributed by atoms with Gasteiger partial charge in [0.15, 0.2) is 0 Å². The van der Waals surface area contributed by atoms with E-state index in [0.717, 1.165) is 16.1 Å². The van der Waals surface area contributed by atoms with Gasteiger partial charge in [-0.05, 0) is 29.6 Å². The maximum absolute atomic E-state index is 13.1. The number of nitrogens with zero attached hydrogens (tertiary/aromatic N) is 3. The summed E-state index contributed by atoms with van der Waals surface area (Å²) in [6.07, 6.45) is 1.40. The Morgan fingerprint density at radius 3 is 2.88 bits per heavy atom. The van der Waals surface area contributed by atoms with E-state index >= 15 is 0 Å². The number of thiophene rings is 2. The Kier molecular flexibility index (Phi) is 5.88. The van der Waals surface area contributed by atoms with Gasteiger partial charge in [-0.1, -0.05) is 17.7 Å². The molecule has 1 aromatic carbocycles. The van der Waals surface area contributed by atoms with Crippen LogP contribution in [-0.4, -0.2) is 41.0 Å². The average Bonchev–Trinajstić information content (AvgIpc) is 3.46. The number of benzene rings is 1. The zero-order valence-electron chi connectivity index (χ0n) is 17.2. The smallest absolute Gasteiger partial charge is 0.263 e. The first-order valence-electron chi connectivity index (χ1n) is 10.1. The van der Waals surface area contributed by atoms with Crippen molar-refractivity contribution in [2.24, 2.45) is 0 Å². The molecule has 3 aromatic heterocycles. The first-order valence-corrected chi connectivity index (χ1v) is 12.2. The van der Waals surface area contributed by atoms with Crippen LogP contribution in [0.5, 0.6) is 0 Å². The Labute approximate surface area is 201 Å². The van der Waals surface area contributed by atoms with Crippen LogP contribution in [-0.2, 0) is 16.1 Å². The third kappa shape index (κ3) is 4.37. The standard InChI is InChI=1S/C22H18ClN5O3S2/c23-15-8-13(3-4-16(15)27-6-5-24-18(29)9-27)26-19(30)10-28-12-25-21-20(22(28)31)14(11-33-21)17-2-1-7-32-17/h1-4,7-8,11-12H,5-6,9-10H2,(H,24,29)(H,26,30). The lowest BCUT2D eigenvalue weighted by Crippen LogP contribution is -2.47. The lowest BCUT2D eigenvalue weighted by atomic mass is 10.2. The van der Waals surface area contributed by atoms with Crippen molar-refractivity contribution in [1.82, 2.24) is 14.9 Å². The molecule has 4 aromatic rings. The molecule has 0 spiro atoms. The zero-order valence-corrected chi connectivity index (χ0v) is 19.6. The maximum atomic E-state index is 13.1. The van der Waals surface area contributed by atoms with Gasteiger partial charge in [0.2, 0.25) is 11.8 Å². The molecule has 4 heterocycles. The molecule has 1 aliphatic heterocycles. The molecule has 0 atom stereocenters. The minimum Gasteiger partial charge on any atom is -0.359 e. The van der Waals surface area contributed by atoms with E-state index in [1.807, 2.05) is 27.8 Å². The summed E-state index contributed by atoms with van der Waals surface area (Å²) in [4.78, 5) is 45.3. The van der Waals surface area contributed by atoms with Gasteiger partial charge in [-0.25, -0.2) is 4.98 Å². The summed E-state index contributed by atoms with van der Waals surface area (Å²) in [5, 5.41) is 10.4. The van der Waals surface area contributed by atoms with Crippen LogP contribution in [0.3, 0.4) is 0 Å². The number of hydrogen-bond acceptors (Lipinski definition) is 7. The highest BCUT2D eigenvalue weighted by molar-refractivity contribution is 7.18. The number of nitrogens with one attached hydrogen (secondary N) is 2. The van der Waals surface area contributed by atoms with Crippen molar-refractivity contribution in [3.05, 3.63) is 62.8 Å². The molecule has 5 rings (SSSR count). The van der Waals surface area contributed by atoms with E-state index in [2.05, 4.69) is 15.6 Å². The SMILES string of the molecule is O=C1CN(c2ccc(NC(=O)Cn3cnc4scc(-c5cccs5)c4c3=O)cc2Cl)CCN1. The molecule has 1 saturated heterocycles. The van der Waals surface area contributed by atoms with Gasteiger partial charge in [-0.15, -0.1) is 22.7 Å². The van der Waals surface area contributed by atoms with Gasteiger partial charge < -0.3 is 15.5 Å². The summed E-state index contributed by atoms with van der Waals surface area (Å²) < 4.78 is 1.31. The van der Waals surface area contributed by atoms with Gasteiger partial charge in [0.05, 0.1) is 29.0 Å². The second kappa shape index (κ2) is 8.97. The highest BCUT2D eigenvalue weighted by atomic mass is 35.5. The Morgan fingerprint density at radius 1 is 1.24 bits per heavy atom. The van der Waals surface area contributed by atoms with Crippen molar-refractivity contribution in [2.45, 2.75) is 6.54 Å². The third-order valence-corrected chi connectivity index (χ3v) is 7.36. The molecule has 11 heteroatoms. The first kappa shape index (κ1) is 21.6. The summed E-state index contributed by atoms with van der Waals surface area (Å²) in [7, 11) is 0. The number of hydrogen-bond donors (Lipinski definition) is 2. The molecule has 1 aliphatic rings. The molecule has 33 heavy (non-hydrogen) atoms. The predicted molar refractivity (Wildman–Crippen MR) is 132 cm³/mol. The van der Waals surface area contributed by atoms with Crippen LogP contribution < -0.4 is 21.1 Å². The van der Waals surface area contributed by atoms with E-state index in [9.17, 15) is 14.4 Å². The number of piperazine rings is 1. The van der Waals surface area contributed by atoms with Crippen molar-refractivity contribution in [2.75, 3.05) is 29.9 Å². The predicted octanol–water partition coefficient (Wildman–Crippen LogP) is 3.41. The number of fused-ring (bicyclic) bond motifs is 1. The Morgan fingerprint density at radius 2 is 2.12 bits per heavy atom. The molecule has 0 saturated carbocycles. The van der Waals surface area contributed by atoms with Gasteiger partial charge >= 0.3 is 0 Å². The summed E-state index contributed by atoms with van der Waals surface area (Å²) in [5.74, 6) is -0.425. The van der Waals surface area contributed by atoms with Gasteiger partial charge in [0.1, 0.15) is 11.4 Å². The second-order valence-corrected chi connectivity index (χ2v) is 9.68. The Bertz CT molecular complexity index is 1410. The monoisotopic (exact) mass is 499 g/mol. The number of rotatable bonds is 5. The molecule has 0 unspecified atom stereocenters. The van der Waals surface area contributed by atoms with Crippen LogP contribution in [0.25, 0.3) is 20.7 Å². The van der Waals surface area contributed by atoms with Gasteiger partial charge in [-0.3, -0.25) is 19.0 Å². The molecule has 0 bridgehead atoms. The number of anilines is 2. The van der Waals surface area contributed by atoms with Crippen LogP contribution in [0.1, 0.15) is 0 Å². The number of carbonyl (C=O) groups excluding carboxylic acids is 2. The molecular weight excluding hydrogens is 482 g/mol. The van der Waals surface area contributed by atoms with E-state index in [4.69, 9.17) is 11.6 Å². The summed E-state index contributed by atoms with van der Waals surface area (Å²) in [6.45, 7) is 1.28. The lowest BCUT2D eigenvalue weighted by molar-refractivity contribution is -0.120. The quantitative estimate of drug-likeness (QED) is 0.438. The van der Waals surface area contributed by atoms with Crippen LogP contribution in [0.15, 0.2) is 52.2 Å². The minimum absolute atomic E-state index is 0.0569. The van der Waals surface area contributed by atoms with Crippen LogP contribution >= 0.6 is 34.3 Å². The van der Waals surface area contributed by atoms with Gasteiger partial charge in [0.25, 0.3) is 5.56 Å². The summed E-state index contributed by atoms with van der Waals surface area (Å²) in [6, 6.07) is 9.03. The highest BCUT2D eigenvalue weighted by Crippen LogP contribution is 2.33. The van der Waals surface area contributed by atoms with Gasteiger partial charge in [0, 0.05) is 34.6 Å². The number of halogens is 1. The van der Waals surface area contributed by atoms with E-state index in [1.165, 1.54) is 22.2 Å². The van der Waals surface area contributed by atoms with Crippen molar-refractivity contribution >= 4 is 67.7 Å². The third-order valence-electron chi connectivity index (χ3n) is 5.27. The summed E-state index contributed by atoms with van der Waals surface area (Å²) in [5.41, 5.74) is 1.82. The summed E-state index contributed by atoms with van der Waals surface area (Å²) >= 11 is 9.37. The van der Waals surface area contributed by atoms with Gasteiger partial charge in [-0.2, -0.15) is 0 Å². The Balaban J connectivity index is 1.34. The molecule has 0 radical (unpaired) electrons. The molecule has 8 nitrogen and oxygen atoms in total. The fourth-order valence-electron chi connectivity index (χ4n) is 3.73. The van der Waals surface area contributed by atoms with Crippen LogP contribution in [0.4, 0.5) is 11.4 Å². The minimum atomic E-state index is -0.368. The molecule has 168 valence electrons. The number of carbonyl (C=O) groups is 2. The Hall–Kier alpha value is -3.21. The zero-order chi connectivity index (χ0) is 22.9. The second-order valence-electron chi connectivity index (χ2n) is 7.47. The number of amides is 2. The van der Waals surface area contributed by atoms with E-state index < -0.39 is 0 Å². The molecule has 1 fully saturated rings. The lowest BCUT2D eigenvalue weighted by Gasteiger charge is -2.29. The number of aromatic nitrogens is 2. The largest absolute Gasteiger partial charge is 0.359 e. The van der Waals surface area contributed by atoms with E-state index in [-0.39, 0.29) is 30.5 Å². The highest BCUT2D eigenvalue weighted by Gasteiger charge is 2.19. The van der Waals surface area contributed by atoms with E-state index in [1.54, 1.807) is 29.5 Å². The van der Waals surface area contributed by atoms with Crippen molar-refractivity contribution < 1.29 is 9.59 Å². The maximum Gasteiger partial charge on any atom is 0.263 e. The van der Waals surface area contributed by atoms with Crippen molar-refractivity contribution in [1.29, 1.82) is 0 Å². The fraction of sp³-hybridized carbons (Fsp3) is 0.182. The average molecular weight is 500 g/mol. The van der Waals surface area contributed by atoms with E-state index in [0.29, 0.717) is 34.0 Å². The molecular formula is C22H18ClN5O3S2. The van der Waals surface area contributed by atoms with Crippen molar-refractivity contribution in [3.63, 3.8) is 0 Å². The normalized spacial score (nSPS) is 13.8. The van der Waals surface area contributed by atoms with Crippen LogP contribution in [0, 0.1) is 0 Å². The fourth-order valence-corrected chi connectivity index (χ4v) is 5.75. The molecule has 0 aliphatic carbocycles. The molecule has 2 N–H and O–H groups in total. The topological polar surface area (TPSA) is 96.3 Å². The van der Waals surface area contributed by atoms with Crippen molar-refractivity contribution in [3.8, 4) is 10.4 Å².